The summed E-state index contributed by atoms with van der Waals surface area (Å²) in [5.74, 6) is -3.19. The van der Waals surface area contributed by atoms with Gasteiger partial charge in [-0.25, -0.2) is 0 Å². The number of aryl methyl sites for hydroxylation is 1. The Bertz CT molecular complexity index is 2250. The van der Waals surface area contributed by atoms with Gasteiger partial charge in [0.2, 0.25) is 0 Å². The summed E-state index contributed by atoms with van der Waals surface area (Å²) in [6.07, 6.45) is 2.13. The number of hydrogen-bond acceptors (Lipinski definition) is 12. The lowest BCUT2D eigenvalue weighted by atomic mass is 9.81. The van der Waals surface area contributed by atoms with Crippen molar-refractivity contribution in [3.05, 3.63) is 113 Å². The molecule has 1 heterocycles. The molecule has 0 aliphatic carbocycles. The van der Waals surface area contributed by atoms with Gasteiger partial charge in [-0.05, 0) is 72.0 Å². The Kier molecular flexibility index (Phi) is 12.5. The van der Waals surface area contributed by atoms with Crippen molar-refractivity contribution in [3.63, 3.8) is 0 Å². The Hall–Kier alpha value is -6.16. The smallest absolute Gasteiger partial charge is 0.508 e. The molecule has 0 spiro atoms. The van der Waals surface area contributed by atoms with E-state index in [1.165, 1.54) is 75.6 Å². The number of carbonyl (C=O) groups is 4. The second-order valence-electron chi connectivity index (χ2n) is 12.6. The van der Waals surface area contributed by atoms with Crippen LogP contribution in [0.4, 0.5) is 13.2 Å². The van der Waals surface area contributed by atoms with Gasteiger partial charge in [-0.2, -0.15) is 21.6 Å². The van der Waals surface area contributed by atoms with E-state index in [9.17, 15) is 45.9 Å². The minimum Gasteiger partial charge on any atom is -0.508 e. The lowest BCUT2D eigenvalue weighted by Crippen LogP contribution is -2.28. The molecule has 56 heavy (non-hydrogen) atoms. The van der Waals surface area contributed by atoms with E-state index in [1.54, 1.807) is 24.3 Å². The SMILES string of the molecule is COc1cc(OC(C)=O)c2c(c1C(=O)/C=C/c1ccc(OC(C)=O)cc1)O[C@H](c1ccc(OS(=O)(=O)C(F)(F)F)cc1)C[C@@H]2CC(=O)CCc1ccc(O)cc1. The highest BCUT2D eigenvalue weighted by Gasteiger charge is 2.48. The van der Waals surface area contributed by atoms with Crippen LogP contribution in [0.3, 0.4) is 0 Å². The third-order valence-corrected chi connectivity index (χ3v) is 9.52. The Labute approximate surface area is 319 Å². The van der Waals surface area contributed by atoms with Crippen LogP contribution in [0.1, 0.15) is 77.7 Å². The molecule has 1 aliphatic heterocycles. The monoisotopic (exact) mass is 796 g/mol. The highest BCUT2D eigenvalue weighted by Crippen LogP contribution is 2.52. The van der Waals surface area contributed by atoms with Crippen molar-refractivity contribution in [2.75, 3.05) is 7.11 Å². The fourth-order valence-electron chi connectivity index (χ4n) is 6.03. The van der Waals surface area contributed by atoms with Gasteiger partial charge in [0.15, 0.2) is 5.78 Å². The molecular weight excluding hydrogens is 761 g/mol. The van der Waals surface area contributed by atoms with Crippen LogP contribution >= 0.6 is 0 Å². The van der Waals surface area contributed by atoms with Gasteiger partial charge in [0.25, 0.3) is 0 Å². The summed E-state index contributed by atoms with van der Waals surface area (Å²) in [6.45, 7) is 2.42. The zero-order valence-electron chi connectivity index (χ0n) is 30.1. The van der Waals surface area contributed by atoms with Crippen molar-refractivity contribution in [1.82, 2.24) is 0 Å². The zero-order valence-corrected chi connectivity index (χ0v) is 30.9. The van der Waals surface area contributed by atoms with Crippen molar-refractivity contribution in [2.45, 2.75) is 57.1 Å². The van der Waals surface area contributed by atoms with Crippen molar-refractivity contribution in [2.24, 2.45) is 0 Å². The number of ether oxygens (including phenoxy) is 4. The molecule has 1 aliphatic rings. The number of phenols is 1. The maximum atomic E-state index is 14.1. The standard InChI is InChI=1S/C40H35F3O12S/c1-23(44)52-31-15-7-26(8-16-31)9-19-33(48)38-35(51-3)22-36(53-24(2)45)37-28(20-30(47)14-6-25-4-12-29(46)13-5-25)21-34(54-39(37)38)27-10-17-32(18-11-27)55-56(49,50)40(41,42)43/h4-5,7-13,15-19,22,28,34,46H,6,14,20-21H2,1-3H3/b19-9+/t28-,34-/m0/s1. The molecule has 0 aromatic heterocycles. The fraction of sp³-hybridized carbons (Fsp3) is 0.250. The van der Waals surface area contributed by atoms with Crippen LogP contribution in [0.5, 0.6) is 34.5 Å². The van der Waals surface area contributed by atoms with Crippen LogP contribution < -0.4 is 23.1 Å². The van der Waals surface area contributed by atoms with E-state index in [0.717, 1.165) is 17.7 Å². The molecule has 5 rings (SSSR count). The van der Waals surface area contributed by atoms with E-state index in [-0.39, 0.29) is 59.2 Å². The first kappa shape index (κ1) is 41.0. The van der Waals surface area contributed by atoms with E-state index < -0.39 is 51.1 Å². The van der Waals surface area contributed by atoms with Gasteiger partial charge in [-0.15, -0.1) is 0 Å². The number of Topliss-reactive ketones (excluding diaryl/α,β-unsaturated/α-hetero) is 1. The number of allylic oxidation sites excluding steroid dienone is 1. The maximum Gasteiger partial charge on any atom is 0.534 e. The molecule has 0 saturated heterocycles. The lowest BCUT2D eigenvalue weighted by molar-refractivity contribution is -0.132. The molecule has 16 heteroatoms. The number of phenolic OH excluding ortho intramolecular Hbond substituents is 1. The molecule has 0 bridgehead atoms. The number of aromatic hydroxyl groups is 1. The molecule has 0 fully saturated rings. The quantitative estimate of drug-likeness (QED) is 0.0332. The number of hydrogen-bond donors (Lipinski definition) is 1. The van der Waals surface area contributed by atoms with Crippen molar-refractivity contribution in [1.29, 1.82) is 0 Å². The topological polar surface area (TPSA) is 169 Å². The van der Waals surface area contributed by atoms with Gasteiger partial charge in [-0.3, -0.25) is 19.2 Å². The average molecular weight is 797 g/mol. The highest BCUT2D eigenvalue weighted by molar-refractivity contribution is 7.88. The number of benzene rings is 4. The Morgan fingerprint density at radius 3 is 2.09 bits per heavy atom. The molecule has 12 nitrogen and oxygen atoms in total. The second kappa shape index (κ2) is 17.1. The number of rotatable bonds is 14. The van der Waals surface area contributed by atoms with Gasteiger partial charge in [0, 0.05) is 44.2 Å². The molecule has 1 N–H and O–H groups in total. The van der Waals surface area contributed by atoms with E-state index >= 15 is 0 Å². The summed E-state index contributed by atoms with van der Waals surface area (Å²) in [5.41, 5.74) is -3.84. The van der Waals surface area contributed by atoms with Gasteiger partial charge in [0.05, 0.1) is 7.11 Å². The Balaban J connectivity index is 1.56. The molecule has 0 saturated carbocycles. The lowest BCUT2D eigenvalue weighted by Gasteiger charge is -2.35. The van der Waals surface area contributed by atoms with Crippen LogP contribution in [0.25, 0.3) is 6.08 Å². The first-order valence-electron chi connectivity index (χ1n) is 16.9. The minimum absolute atomic E-state index is 0.0261. The molecule has 4 aromatic rings. The number of carbonyl (C=O) groups excluding carboxylic acids is 4. The number of fused-ring (bicyclic) bond motifs is 1. The number of alkyl halides is 3. The first-order valence-corrected chi connectivity index (χ1v) is 18.4. The third-order valence-electron chi connectivity index (χ3n) is 8.55. The number of halogens is 3. The molecule has 294 valence electrons. The maximum absolute atomic E-state index is 14.1. The molecule has 0 radical (unpaired) electrons. The summed E-state index contributed by atoms with van der Waals surface area (Å²) in [5, 5.41) is 9.63. The molecular formula is C40H35F3O12S. The summed E-state index contributed by atoms with van der Waals surface area (Å²) >= 11 is 0. The number of esters is 2. The predicted octanol–water partition coefficient (Wildman–Crippen LogP) is 7.58. The van der Waals surface area contributed by atoms with Crippen molar-refractivity contribution >= 4 is 39.7 Å². The third kappa shape index (κ3) is 10.1. The van der Waals surface area contributed by atoms with E-state index in [2.05, 4.69) is 4.18 Å². The van der Waals surface area contributed by atoms with Gasteiger partial charge < -0.3 is 28.2 Å². The fourth-order valence-corrected chi connectivity index (χ4v) is 6.49. The molecule has 4 aromatic carbocycles. The predicted molar refractivity (Wildman–Crippen MR) is 194 cm³/mol. The van der Waals surface area contributed by atoms with Crippen LogP contribution in [0.2, 0.25) is 0 Å². The highest BCUT2D eigenvalue weighted by atomic mass is 32.2. The van der Waals surface area contributed by atoms with Gasteiger partial charge in [-0.1, -0.05) is 42.5 Å². The number of ketones is 2. The van der Waals surface area contributed by atoms with Gasteiger partial charge >= 0.3 is 27.6 Å². The summed E-state index contributed by atoms with van der Waals surface area (Å²) in [4.78, 5) is 51.3. The molecule has 0 amide bonds. The van der Waals surface area contributed by atoms with Crippen molar-refractivity contribution in [3.8, 4) is 34.5 Å². The molecule has 0 unspecified atom stereocenters. The molecule has 2 atom stereocenters. The summed E-state index contributed by atoms with van der Waals surface area (Å²) < 4.78 is 89.0. The normalized spacial score (nSPS) is 15.3. The van der Waals surface area contributed by atoms with Crippen LogP contribution in [-0.4, -0.2) is 49.6 Å². The average Bonchev–Trinajstić information content (AvgIpc) is 3.13. The van der Waals surface area contributed by atoms with Crippen LogP contribution in [0, 0.1) is 0 Å². The van der Waals surface area contributed by atoms with E-state index in [4.69, 9.17) is 18.9 Å². The van der Waals surface area contributed by atoms with Crippen molar-refractivity contribution < 1.29 is 69.0 Å². The second-order valence-corrected chi connectivity index (χ2v) is 14.2. The Morgan fingerprint density at radius 2 is 1.50 bits per heavy atom. The van der Waals surface area contributed by atoms with Crippen LogP contribution in [-0.2, 0) is 30.9 Å². The summed E-state index contributed by atoms with van der Waals surface area (Å²) in [7, 11) is -4.67. The first-order chi connectivity index (χ1) is 26.4. The van der Waals surface area contributed by atoms with Crippen LogP contribution in [0.15, 0.2) is 84.9 Å². The zero-order chi connectivity index (χ0) is 40.8. The number of methoxy groups -OCH3 is 1. The Morgan fingerprint density at radius 1 is 0.875 bits per heavy atom. The minimum atomic E-state index is -5.95. The van der Waals surface area contributed by atoms with E-state index in [0.29, 0.717) is 23.3 Å². The van der Waals surface area contributed by atoms with E-state index in [1.807, 2.05) is 0 Å². The summed E-state index contributed by atoms with van der Waals surface area (Å²) in [6, 6.07) is 18.6. The van der Waals surface area contributed by atoms with Gasteiger partial charge in [0.1, 0.15) is 51.9 Å². The largest absolute Gasteiger partial charge is 0.534 e.